The Hall–Kier alpha value is -1.96. The molecule has 0 spiro atoms. The highest BCUT2D eigenvalue weighted by molar-refractivity contribution is 5.93. The maximum absolute atomic E-state index is 13.3. The number of hydrogen-bond acceptors (Lipinski definition) is 5. The summed E-state index contributed by atoms with van der Waals surface area (Å²) in [5.74, 6) is 0.354. The number of fused-ring (bicyclic) bond motifs is 1. The Morgan fingerprint density at radius 1 is 1.19 bits per heavy atom. The van der Waals surface area contributed by atoms with Gasteiger partial charge in [0.1, 0.15) is 13.5 Å². The number of pyridine rings is 1. The van der Waals surface area contributed by atoms with Gasteiger partial charge in [0.25, 0.3) is 5.91 Å². The molecule has 1 fully saturated rings. The van der Waals surface area contributed by atoms with E-state index in [0.29, 0.717) is 12.3 Å². The molecule has 7 heteroatoms. The van der Waals surface area contributed by atoms with Crippen LogP contribution in [0.15, 0.2) is 24.5 Å². The number of amides is 1. The van der Waals surface area contributed by atoms with Crippen molar-refractivity contribution in [2.45, 2.75) is 77.5 Å². The Morgan fingerprint density at radius 2 is 2.00 bits per heavy atom. The van der Waals surface area contributed by atoms with Crippen molar-refractivity contribution in [1.29, 1.82) is 0 Å². The maximum atomic E-state index is 13.3. The lowest BCUT2D eigenvalue weighted by molar-refractivity contribution is -0.235. The number of carbonyl (C=O) groups is 1. The van der Waals surface area contributed by atoms with Crippen molar-refractivity contribution in [2.75, 3.05) is 27.7 Å². The number of aromatic nitrogens is 2. The van der Waals surface area contributed by atoms with E-state index in [4.69, 9.17) is 14.2 Å². The summed E-state index contributed by atoms with van der Waals surface area (Å²) in [5.41, 5.74) is 1.05. The monoisotopic (exact) mass is 445 g/mol. The second-order valence-corrected chi connectivity index (χ2v) is 9.26. The fourth-order valence-corrected chi connectivity index (χ4v) is 4.73. The molecule has 0 aliphatic carbocycles. The molecule has 0 radical (unpaired) electrons. The lowest BCUT2D eigenvalue weighted by Crippen LogP contribution is -2.76. The smallest absolute Gasteiger partial charge is 0.259 e. The predicted molar refractivity (Wildman–Crippen MR) is 125 cm³/mol. The van der Waals surface area contributed by atoms with Crippen LogP contribution in [0.2, 0.25) is 0 Å². The van der Waals surface area contributed by atoms with Crippen LogP contribution in [-0.4, -0.2) is 59.7 Å². The van der Waals surface area contributed by atoms with Gasteiger partial charge in [0, 0.05) is 50.7 Å². The van der Waals surface area contributed by atoms with Crippen LogP contribution in [0.3, 0.4) is 0 Å². The van der Waals surface area contributed by atoms with E-state index in [0.717, 1.165) is 36.0 Å². The van der Waals surface area contributed by atoms with Crippen molar-refractivity contribution in [1.82, 2.24) is 14.5 Å². The third-order valence-electron chi connectivity index (χ3n) is 6.34. The van der Waals surface area contributed by atoms with E-state index in [-0.39, 0.29) is 25.5 Å². The van der Waals surface area contributed by atoms with Crippen molar-refractivity contribution in [2.24, 2.45) is 5.92 Å². The quantitative estimate of drug-likeness (QED) is 0.245. The van der Waals surface area contributed by atoms with Crippen molar-refractivity contribution in [3.63, 3.8) is 0 Å². The molecular weight excluding hydrogens is 406 g/mol. The third kappa shape index (κ3) is 5.16. The molecule has 32 heavy (non-hydrogen) atoms. The number of ether oxygens (including phenoxy) is 3. The van der Waals surface area contributed by atoms with Crippen LogP contribution >= 0.6 is 0 Å². The van der Waals surface area contributed by atoms with E-state index in [1.165, 1.54) is 19.3 Å². The van der Waals surface area contributed by atoms with E-state index in [9.17, 15) is 4.79 Å². The third-order valence-corrected chi connectivity index (χ3v) is 6.34. The highest BCUT2D eigenvalue weighted by Gasteiger charge is 2.62. The summed E-state index contributed by atoms with van der Waals surface area (Å²) in [4.78, 5) is 19.7. The molecule has 0 bridgehead atoms. The summed E-state index contributed by atoms with van der Waals surface area (Å²) in [6, 6.07) is 4.15. The van der Waals surface area contributed by atoms with Crippen LogP contribution in [0.25, 0.3) is 10.9 Å². The average Bonchev–Trinajstić information content (AvgIpc) is 3.18. The minimum absolute atomic E-state index is 0.0566. The number of hydrogen-bond donors (Lipinski definition) is 0. The fourth-order valence-electron chi connectivity index (χ4n) is 4.73. The average molecular weight is 446 g/mol. The molecule has 2 atom stereocenters. The Bertz CT molecular complexity index is 881. The lowest BCUT2D eigenvalue weighted by Gasteiger charge is -2.55. The first kappa shape index (κ1) is 24.7. The Labute approximate surface area is 192 Å². The molecule has 0 saturated carbocycles. The summed E-state index contributed by atoms with van der Waals surface area (Å²) in [6.07, 6.45) is 10.2. The first-order valence-electron chi connectivity index (χ1n) is 11.8. The van der Waals surface area contributed by atoms with Gasteiger partial charge in [0.15, 0.2) is 5.60 Å². The molecule has 3 heterocycles. The molecule has 1 amide bonds. The summed E-state index contributed by atoms with van der Waals surface area (Å²) in [6.45, 7) is 7.87. The van der Waals surface area contributed by atoms with Gasteiger partial charge in [0.2, 0.25) is 0 Å². The van der Waals surface area contributed by atoms with Gasteiger partial charge in [-0.05, 0) is 30.9 Å². The second-order valence-electron chi connectivity index (χ2n) is 9.26. The van der Waals surface area contributed by atoms with Gasteiger partial charge >= 0.3 is 0 Å². The first-order chi connectivity index (χ1) is 15.5. The highest BCUT2D eigenvalue weighted by atomic mass is 16.7. The van der Waals surface area contributed by atoms with E-state index < -0.39 is 5.60 Å². The topological polar surface area (TPSA) is 65.8 Å². The van der Waals surface area contributed by atoms with Gasteiger partial charge in [-0.15, -0.1) is 0 Å². The Kier molecular flexibility index (Phi) is 8.68. The Morgan fingerprint density at radius 3 is 2.69 bits per heavy atom. The van der Waals surface area contributed by atoms with E-state index >= 15 is 0 Å². The van der Waals surface area contributed by atoms with E-state index in [2.05, 4.69) is 48.7 Å². The van der Waals surface area contributed by atoms with E-state index in [1.54, 1.807) is 19.1 Å². The largest absolute Gasteiger partial charge is 0.364 e. The summed E-state index contributed by atoms with van der Waals surface area (Å²) in [5, 5.41) is 1.12. The molecule has 2 aromatic heterocycles. The van der Waals surface area contributed by atoms with E-state index in [1.807, 2.05) is 6.20 Å². The van der Waals surface area contributed by atoms with Gasteiger partial charge in [0.05, 0.1) is 11.6 Å². The molecule has 0 aromatic carbocycles. The number of nitrogens with zero attached hydrogens (tertiary/aromatic N) is 3. The van der Waals surface area contributed by atoms with Crippen LogP contribution in [0.4, 0.5) is 0 Å². The standard InChI is InChI=1S/C25H39N3O4/c1-6-7-8-9-11-27-12-10-20-16-26-21(14-22(20)27)15-25(32-18-31-5)23(13-19(2)3)28(17-30-4)24(25)29/h10,12,14,16,19,23H,6-9,11,13,15,17-18H2,1-5H3/t23-,25+/m0/s1. The molecule has 0 unspecified atom stereocenters. The number of likely N-dealkylation sites (tertiary alicyclic amines) is 1. The van der Waals surface area contributed by atoms with Gasteiger partial charge in [-0.25, -0.2) is 0 Å². The van der Waals surface area contributed by atoms with Gasteiger partial charge in [-0.3, -0.25) is 9.78 Å². The molecule has 7 nitrogen and oxygen atoms in total. The van der Waals surface area contributed by atoms with Gasteiger partial charge < -0.3 is 23.7 Å². The zero-order valence-corrected chi connectivity index (χ0v) is 20.3. The first-order valence-corrected chi connectivity index (χ1v) is 11.8. The minimum Gasteiger partial charge on any atom is -0.364 e. The summed E-state index contributed by atoms with van der Waals surface area (Å²) in [7, 11) is 3.19. The maximum Gasteiger partial charge on any atom is 0.259 e. The number of methoxy groups -OCH3 is 2. The van der Waals surface area contributed by atoms with Crippen molar-refractivity contribution in [3.8, 4) is 0 Å². The van der Waals surface area contributed by atoms with Gasteiger partial charge in [-0.2, -0.15) is 0 Å². The van der Waals surface area contributed by atoms with Crippen LogP contribution < -0.4 is 0 Å². The zero-order valence-electron chi connectivity index (χ0n) is 20.3. The number of carbonyl (C=O) groups excluding carboxylic acids is 1. The summed E-state index contributed by atoms with van der Waals surface area (Å²) < 4.78 is 18.9. The van der Waals surface area contributed by atoms with Crippen molar-refractivity contribution < 1.29 is 19.0 Å². The normalized spacial score (nSPS) is 21.0. The van der Waals surface area contributed by atoms with Crippen LogP contribution in [-0.2, 0) is 32.0 Å². The molecule has 2 aromatic rings. The zero-order chi connectivity index (χ0) is 23.1. The lowest BCUT2D eigenvalue weighted by atomic mass is 9.75. The molecule has 0 N–H and O–H groups in total. The minimum atomic E-state index is -0.974. The number of aryl methyl sites for hydroxylation is 1. The molecule has 1 aliphatic heterocycles. The van der Waals surface area contributed by atoms with Gasteiger partial charge in [-0.1, -0.05) is 40.0 Å². The second kappa shape index (κ2) is 11.3. The fraction of sp³-hybridized carbons (Fsp3) is 0.680. The highest BCUT2D eigenvalue weighted by Crippen LogP contribution is 2.41. The molecular formula is C25H39N3O4. The number of rotatable bonds is 14. The van der Waals surface area contributed by atoms with Crippen molar-refractivity contribution >= 4 is 16.8 Å². The molecule has 1 aliphatic rings. The SMILES string of the molecule is CCCCCCn1ccc2cnc(C[C@]3(OCOC)C(=O)N(COC)[C@H]3CC(C)C)cc21. The van der Waals surface area contributed by atoms with Crippen LogP contribution in [0.5, 0.6) is 0 Å². The molecule has 178 valence electrons. The summed E-state index contributed by atoms with van der Waals surface area (Å²) >= 11 is 0. The molecule has 1 saturated heterocycles. The number of unbranched alkanes of at least 4 members (excludes halogenated alkanes) is 3. The van der Waals surface area contributed by atoms with Crippen LogP contribution in [0, 0.1) is 5.92 Å². The predicted octanol–water partition coefficient (Wildman–Crippen LogP) is 4.38. The van der Waals surface area contributed by atoms with Crippen molar-refractivity contribution in [3.05, 3.63) is 30.2 Å². The van der Waals surface area contributed by atoms with Crippen LogP contribution in [0.1, 0.15) is 58.6 Å². The molecule has 3 rings (SSSR count). The Balaban J connectivity index is 1.86. The number of β-lactam (4-membered cyclic amide) rings is 1.